The van der Waals surface area contributed by atoms with Crippen LogP contribution in [-0.4, -0.2) is 36.1 Å². The van der Waals surface area contributed by atoms with Gasteiger partial charge in [0.1, 0.15) is 5.82 Å². The van der Waals surface area contributed by atoms with Gasteiger partial charge in [0.2, 0.25) is 0 Å². The molecule has 1 N–H and O–H groups in total. The highest BCUT2D eigenvalue weighted by molar-refractivity contribution is 5.54. The maximum Gasteiger partial charge on any atom is 0.132 e. The fourth-order valence-corrected chi connectivity index (χ4v) is 2.61. The molecule has 4 nitrogen and oxygen atoms in total. The minimum absolute atomic E-state index is 0.643. The van der Waals surface area contributed by atoms with E-state index in [1.165, 1.54) is 18.5 Å². The maximum atomic E-state index is 4.70. The highest BCUT2D eigenvalue weighted by atomic mass is 15.2. The molecule has 0 unspecified atom stereocenters. The van der Waals surface area contributed by atoms with Gasteiger partial charge in [-0.15, -0.1) is 0 Å². The number of piperazine rings is 1. The third-order valence-corrected chi connectivity index (χ3v) is 3.63. The van der Waals surface area contributed by atoms with Crippen LogP contribution in [-0.2, 0) is 0 Å². The summed E-state index contributed by atoms with van der Waals surface area (Å²) < 4.78 is 0. The third kappa shape index (κ3) is 2.14. The predicted molar refractivity (Wildman–Crippen MR) is 68.6 cm³/mol. The number of hydrogen-bond donors (Lipinski definition) is 1. The summed E-state index contributed by atoms with van der Waals surface area (Å²) in [6.07, 6.45) is 2.54. The average Bonchev–Trinajstić information content (AvgIpc) is 3.13. The van der Waals surface area contributed by atoms with E-state index >= 15 is 0 Å². The third-order valence-electron chi connectivity index (χ3n) is 3.63. The van der Waals surface area contributed by atoms with Crippen LogP contribution in [0, 0.1) is 13.8 Å². The van der Waals surface area contributed by atoms with Crippen molar-refractivity contribution in [3.05, 3.63) is 17.2 Å². The Hall–Kier alpha value is -1.16. The Morgan fingerprint density at radius 3 is 2.18 bits per heavy atom. The molecular weight excluding hydrogens is 212 g/mol. The number of aryl methyl sites for hydroxylation is 2. The minimum atomic E-state index is 0.643. The molecule has 3 rings (SSSR count). The number of hydrogen-bond acceptors (Lipinski definition) is 4. The molecule has 1 aliphatic heterocycles. The monoisotopic (exact) mass is 232 g/mol. The molecule has 0 aromatic carbocycles. The van der Waals surface area contributed by atoms with Crippen molar-refractivity contribution in [3.8, 4) is 0 Å². The van der Waals surface area contributed by atoms with Gasteiger partial charge < -0.3 is 10.2 Å². The first-order valence-corrected chi connectivity index (χ1v) is 6.56. The van der Waals surface area contributed by atoms with Gasteiger partial charge in [-0.25, -0.2) is 9.97 Å². The van der Waals surface area contributed by atoms with Crippen LogP contribution >= 0.6 is 0 Å². The molecule has 0 atom stereocenters. The Kier molecular flexibility index (Phi) is 2.74. The summed E-state index contributed by atoms with van der Waals surface area (Å²) >= 11 is 0. The van der Waals surface area contributed by atoms with E-state index in [-0.39, 0.29) is 0 Å². The van der Waals surface area contributed by atoms with E-state index in [2.05, 4.69) is 24.1 Å². The normalized spacial score (nSPS) is 20.7. The van der Waals surface area contributed by atoms with Crippen molar-refractivity contribution in [1.29, 1.82) is 0 Å². The van der Waals surface area contributed by atoms with Crippen LogP contribution in [0.25, 0.3) is 0 Å². The maximum absolute atomic E-state index is 4.70. The van der Waals surface area contributed by atoms with Crippen molar-refractivity contribution < 1.29 is 0 Å². The minimum Gasteiger partial charge on any atom is -0.366 e. The summed E-state index contributed by atoms with van der Waals surface area (Å²) in [7, 11) is 0. The van der Waals surface area contributed by atoms with Gasteiger partial charge >= 0.3 is 0 Å². The van der Waals surface area contributed by atoms with E-state index in [4.69, 9.17) is 9.97 Å². The van der Waals surface area contributed by atoms with Crippen molar-refractivity contribution in [1.82, 2.24) is 15.3 Å². The second-order valence-corrected chi connectivity index (χ2v) is 5.11. The number of rotatable bonds is 2. The summed E-state index contributed by atoms with van der Waals surface area (Å²) in [5.74, 6) is 1.71. The molecule has 1 aromatic heterocycles. The fraction of sp³-hybridized carbons (Fsp3) is 0.692. The van der Waals surface area contributed by atoms with E-state index < -0.39 is 0 Å². The Labute approximate surface area is 102 Å². The van der Waals surface area contributed by atoms with Crippen molar-refractivity contribution >= 4 is 5.69 Å². The zero-order valence-electron chi connectivity index (χ0n) is 10.7. The number of nitrogens with one attached hydrogen (secondary N) is 1. The van der Waals surface area contributed by atoms with E-state index in [1.54, 1.807) is 0 Å². The van der Waals surface area contributed by atoms with Crippen LogP contribution in [0.1, 0.15) is 36.0 Å². The lowest BCUT2D eigenvalue weighted by Gasteiger charge is -2.31. The molecule has 0 amide bonds. The Morgan fingerprint density at radius 1 is 1.06 bits per heavy atom. The van der Waals surface area contributed by atoms with Crippen LogP contribution in [0.3, 0.4) is 0 Å². The molecule has 0 spiro atoms. The van der Waals surface area contributed by atoms with Gasteiger partial charge in [-0.05, 0) is 26.7 Å². The smallest absolute Gasteiger partial charge is 0.132 e. The highest BCUT2D eigenvalue weighted by Gasteiger charge is 2.28. The van der Waals surface area contributed by atoms with Gasteiger partial charge in [-0.1, -0.05) is 0 Å². The van der Waals surface area contributed by atoms with Crippen molar-refractivity contribution in [2.75, 3.05) is 31.1 Å². The number of aromatic nitrogens is 2. The van der Waals surface area contributed by atoms with E-state index in [0.717, 1.165) is 43.4 Å². The van der Waals surface area contributed by atoms with Crippen molar-refractivity contribution in [2.24, 2.45) is 0 Å². The van der Waals surface area contributed by atoms with Gasteiger partial charge in [0, 0.05) is 32.1 Å². The molecule has 17 heavy (non-hydrogen) atoms. The van der Waals surface area contributed by atoms with Crippen LogP contribution in [0.4, 0.5) is 5.69 Å². The van der Waals surface area contributed by atoms with Crippen molar-refractivity contribution in [2.45, 2.75) is 32.6 Å². The molecule has 1 aromatic rings. The van der Waals surface area contributed by atoms with E-state index in [1.807, 2.05) is 0 Å². The second-order valence-electron chi connectivity index (χ2n) is 5.11. The molecule has 1 saturated carbocycles. The highest BCUT2D eigenvalue weighted by Crippen LogP contribution is 2.39. The first-order valence-electron chi connectivity index (χ1n) is 6.56. The molecule has 1 aliphatic carbocycles. The number of nitrogens with zero attached hydrogens (tertiary/aromatic N) is 3. The van der Waals surface area contributed by atoms with Gasteiger partial charge in [0.15, 0.2) is 0 Å². The lowest BCUT2D eigenvalue weighted by atomic mass is 10.2. The molecule has 0 radical (unpaired) electrons. The molecule has 2 heterocycles. The van der Waals surface area contributed by atoms with E-state index in [0.29, 0.717) is 5.92 Å². The molecule has 0 bridgehead atoms. The molecular formula is C13H20N4. The Morgan fingerprint density at radius 2 is 1.65 bits per heavy atom. The first-order chi connectivity index (χ1) is 8.25. The Bertz CT molecular complexity index is 396. The second kappa shape index (κ2) is 4.26. The molecule has 2 aliphatic rings. The molecule has 92 valence electrons. The Balaban J connectivity index is 1.92. The van der Waals surface area contributed by atoms with Gasteiger partial charge in [0.05, 0.1) is 17.1 Å². The topological polar surface area (TPSA) is 41.1 Å². The predicted octanol–water partition coefficient (Wildman–Crippen LogP) is 1.38. The zero-order valence-corrected chi connectivity index (χ0v) is 10.7. The van der Waals surface area contributed by atoms with E-state index in [9.17, 15) is 0 Å². The fourth-order valence-electron chi connectivity index (χ4n) is 2.61. The van der Waals surface area contributed by atoms with Crippen LogP contribution in [0.2, 0.25) is 0 Å². The summed E-state index contributed by atoms with van der Waals surface area (Å²) in [4.78, 5) is 11.8. The van der Waals surface area contributed by atoms with Gasteiger partial charge in [0.25, 0.3) is 0 Å². The summed E-state index contributed by atoms with van der Waals surface area (Å²) in [5, 5.41) is 3.38. The van der Waals surface area contributed by atoms with Crippen LogP contribution in [0.15, 0.2) is 0 Å². The summed E-state index contributed by atoms with van der Waals surface area (Å²) in [6, 6.07) is 0. The molecule has 2 fully saturated rings. The zero-order chi connectivity index (χ0) is 11.8. The lowest BCUT2D eigenvalue weighted by Crippen LogP contribution is -2.44. The summed E-state index contributed by atoms with van der Waals surface area (Å²) in [5.41, 5.74) is 3.57. The van der Waals surface area contributed by atoms with Crippen molar-refractivity contribution in [3.63, 3.8) is 0 Å². The largest absolute Gasteiger partial charge is 0.366 e. The average molecular weight is 232 g/mol. The number of anilines is 1. The van der Waals surface area contributed by atoms with Crippen LogP contribution in [0.5, 0.6) is 0 Å². The standard InChI is InChI=1S/C13H20N4/c1-9-12(17-7-5-14-6-8-17)10(2)16-13(15-9)11-3-4-11/h11,14H,3-8H2,1-2H3. The quantitative estimate of drug-likeness (QED) is 0.836. The summed E-state index contributed by atoms with van der Waals surface area (Å²) in [6.45, 7) is 8.49. The lowest BCUT2D eigenvalue weighted by molar-refractivity contribution is 0.585. The SMILES string of the molecule is Cc1nc(C2CC2)nc(C)c1N1CCNCC1. The molecule has 1 saturated heterocycles. The molecule has 4 heteroatoms. The van der Waals surface area contributed by atoms with Gasteiger partial charge in [-0.2, -0.15) is 0 Å². The van der Waals surface area contributed by atoms with Crippen LogP contribution < -0.4 is 10.2 Å². The first kappa shape index (κ1) is 11.0. The van der Waals surface area contributed by atoms with Gasteiger partial charge in [-0.3, -0.25) is 0 Å².